The fourth-order valence-corrected chi connectivity index (χ4v) is 9.46. The minimum atomic E-state index is 0.916. The average molecular weight is 653 g/mol. The Morgan fingerprint density at radius 2 is 0.820 bits per heavy atom. The zero-order chi connectivity index (χ0) is 32.8. The molecule has 0 unspecified atom stereocenters. The van der Waals surface area contributed by atoms with Crippen LogP contribution in [-0.2, 0) is 0 Å². The van der Waals surface area contributed by atoms with Gasteiger partial charge in [0.1, 0.15) is 11.2 Å². The Labute approximate surface area is 292 Å². The van der Waals surface area contributed by atoms with Crippen LogP contribution in [0.3, 0.4) is 0 Å². The second-order valence-corrected chi connectivity index (χ2v) is 14.2. The molecule has 11 aromatic rings. The van der Waals surface area contributed by atoms with E-state index < -0.39 is 0 Å². The van der Waals surface area contributed by atoms with Gasteiger partial charge in [0, 0.05) is 36.3 Å². The van der Waals surface area contributed by atoms with Crippen LogP contribution in [0.4, 0.5) is 0 Å². The van der Waals surface area contributed by atoms with Crippen molar-refractivity contribution in [3.05, 3.63) is 170 Å². The standard InChI is InChI=1S/C48H28OS/c1-2-10-30(11-3-1)45-34-13-4-6-15-36(34)46(37-16-7-5-14-35(37)45)31-20-18-29(19-21-31)32-22-23-41-43(28-32)49-42-27-26-40-38(47(41)42)24-25-39-33-12-8-9-17-44(33)50-48(39)40/h1-28H. The Morgan fingerprint density at radius 1 is 0.320 bits per heavy atom. The van der Waals surface area contributed by atoms with E-state index in [9.17, 15) is 0 Å². The van der Waals surface area contributed by atoms with E-state index in [1.165, 1.54) is 85.7 Å². The predicted octanol–water partition coefficient (Wildman–Crippen LogP) is 14.4. The van der Waals surface area contributed by atoms with Gasteiger partial charge in [0.2, 0.25) is 0 Å². The predicted molar refractivity (Wildman–Crippen MR) is 215 cm³/mol. The first-order chi connectivity index (χ1) is 24.8. The molecule has 2 heterocycles. The van der Waals surface area contributed by atoms with Gasteiger partial charge >= 0.3 is 0 Å². The van der Waals surface area contributed by atoms with Crippen molar-refractivity contribution in [2.75, 3.05) is 0 Å². The van der Waals surface area contributed by atoms with E-state index in [0.29, 0.717) is 0 Å². The van der Waals surface area contributed by atoms with E-state index in [1.807, 2.05) is 11.3 Å². The van der Waals surface area contributed by atoms with Gasteiger partial charge in [-0.15, -0.1) is 11.3 Å². The molecule has 1 nitrogen and oxygen atoms in total. The van der Waals surface area contributed by atoms with E-state index in [-0.39, 0.29) is 0 Å². The first-order valence-electron chi connectivity index (χ1n) is 17.1. The third kappa shape index (κ3) is 4.00. The molecule has 0 bridgehead atoms. The van der Waals surface area contributed by atoms with Gasteiger partial charge in [-0.2, -0.15) is 0 Å². The SMILES string of the molecule is c1ccc(-c2c3ccccc3c(-c3ccc(-c4ccc5c(c4)oc4ccc6c(ccc7c8ccccc8sc76)c45)cc3)c3ccccc23)cc1. The molecule has 0 fully saturated rings. The highest BCUT2D eigenvalue weighted by Gasteiger charge is 2.18. The van der Waals surface area contributed by atoms with Gasteiger partial charge in [0.15, 0.2) is 0 Å². The molecule has 2 aromatic heterocycles. The summed E-state index contributed by atoms with van der Waals surface area (Å²) in [5, 5.41) is 12.6. The van der Waals surface area contributed by atoms with Gasteiger partial charge in [0.25, 0.3) is 0 Å². The normalized spacial score (nSPS) is 12.0. The highest BCUT2D eigenvalue weighted by Crippen LogP contribution is 2.45. The molecule has 0 saturated carbocycles. The molecular formula is C48H28OS. The monoisotopic (exact) mass is 652 g/mol. The van der Waals surface area contributed by atoms with Crippen LogP contribution in [0.5, 0.6) is 0 Å². The van der Waals surface area contributed by atoms with Gasteiger partial charge in [-0.3, -0.25) is 0 Å². The zero-order valence-electron chi connectivity index (χ0n) is 27.0. The molecule has 0 aliphatic rings. The maximum atomic E-state index is 6.53. The highest BCUT2D eigenvalue weighted by molar-refractivity contribution is 7.26. The quantitative estimate of drug-likeness (QED) is 0.173. The first-order valence-corrected chi connectivity index (χ1v) is 17.9. The Hall–Kier alpha value is -6.22. The number of thiophene rings is 1. The Kier molecular flexibility index (Phi) is 5.89. The summed E-state index contributed by atoms with van der Waals surface area (Å²) in [7, 11) is 0. The molecular weight excluding hydrogens is 625 g/mol. The van der Waals surface area contributed by atoms with Crippen LogP contribution in [0.25, 0.3) is 108 Å². The van der Waals surface area contributed by atoms with Crippen LogP contribution in [-0.4, -0.2) is 0 Å². The fourth-order valence-electron chi connectivity index (χ4n) is 8.23. The van der Waals surface area contributed by atoms with Gasteiger partial charge < -0.3 is 4.42 Å². The summed E-state index contributed by atoms with van der Waals surface area (Å²) >= 11 is 1.88. The van der Waals surface area contributed by atoms with Crippen LogP contribution in [0, 0.1) is 0 Å². The number of hydrogen-bond acceptors (Lipinski definition) is 2. The zero-order valence-corrected chi connectivity index (χ0v) is 27.8. The molecule has 0 spiro atoms. The number of furan rings is 1. The third-order valence-electron chi connectivity index (χ3n) is 10.5. The van der Waals surface area contributed by atoms with Crippen molar-refractivity contribution < 1.29 is 4.42 Å². The van der Waals surface area contributed by atoms with Crippen molar-refractivity contribution in [1.29, 1.82) is 0 Å². The summed E-state index contributed by atoms with van der Waals surface area (Å²) < 4.78 is 9.20. The lowest BCUT2D eigenvalue weighted by atomic mass is 9.86. The summed E-state index contributed by atoms with van der Waals surface area (Å²) in [6.07, 6.45) is 0. The molecule has 11 rings (SSSR count). The lowest BCUT2D eigenvalue weighted by molar-refractivity contribution is 0.669. The van der Waals surface area contributed by atoms with Crippen molar-refractivity contribution in [1.82, 2.24) is 0 Å². The van der Waals surface area contributed by atoms with E-state index in [4.69, 9.17) is 4.42 Å². The van der Waals surface area contributed by atoms with Gasteiger partial charge in [-0.05, 0) is 90.6 Å². The molecule has 50 heavy (non-hydrogen) atoms. The largest absolute Gasteiger partial charge is 0.456 e. The van der Waals surface area contributed by atoms with E-state index in [0.717, 1.165) is 22.1 Å². The average Bonchev–Trinajstić information content (AvgIpc) is 3.76. The van der Waals surface area contributed by atoms with Crippen molar-refractivity contribution in [2.45, 2.75) is 0 Å². The number of fused-ring (bicyclic) bond motifs is 11. The van der Waals surface area contributed by atoms with Gasteiger partial charge in [-0.1, -0.05) is 140 Å². The minimum Gasteiger partial charge on any atom is -0.456 e. The summed E-state index contributed by atoms with van der Waals surface area (Å²) in [5.74, 6) is 0. The van der Waals surface area contributed by atoms with Crippen LogP contribution in [0.15, 0.2) is 174 Å². The molecule has 232 valence electrons. The van der Waals surface area contributed by atoms with Gasteiger partial charge in [0.05, 0.1) is 0 Å². The van der Waals surface area contributed by atoms with Crippen molar-refractivity contribution in [3.63, 3.8) is 0 Å². The van der Waals surface area contributed by atoms with E-state index >= 15 is 0 Å². The van der Waals surface area contributed by atoms with E-state index in [2.05, 4.69) is 170 Å². The summed E-state index contributed by atoms with van der Waals surface area (Å²) in [5.41, 5.74) is 9.17. The fraction of sp³-hybridized carbons (Fsp3) is 0. The molecule has 9 aromatic carbocycles. The number of hydrogen-bond donors (Lipinski definition) is 0. The Balaban J connectivity index is 1.04. The second kappa shape index (κ2) is 10.6. The third-order valence-corrected chi connectivity index (χ3v) is 11.7. The molecule has 0 radical (unpaired) electrons. The van der Waals surface area contributed by atoms with Crippen molar-refractivity contribution in [2.24, 2.45) is 0 Å². The van der Waals surface area contributed by atoms with Crippen molar-refractivity contribution >= 4 is 85.8 Å². The molecule has 2 heteroatoms. The van der Waals surface area contributed by atoms with Crippen LogP contribution < -0.4 is 0 Å². The van der Waals surface area contributed by atoms with Crippen LogP contribution in [0.1, 0.15) is 0 Å². The molecule has 0 N–H and O–H groups in total. The maximum absolute atomic E-state index is 6.53. The van der Waals surface area contributed by atoms with Crippen LogP contribution in [0.2, 0.25) is 0 Å². The van der Waals surface area contributed by atoms with Gasteiger partial charge in [-0.25, -0.2) is 0 Å². The Morgan fingerprint density at radius 3 is 1.52 bits per heavy atom. The minimum absolute atomic E-state index is 0.916. The lowest BCUT2D eigenvalue weighted by Crippen LogP contribution is -1.90. The maximum Gasteiger partial charge on any atom is 0.136 e. The second-order valence-electron chi connectivity index (χ2n) is 13.2. The smallest absolute Gasteiger partial charge is 0.136 e. The lowest BCUT2D eigenvalue weighted by Gasteiger charge is -2.18. The first kappa shape index (κ1) is 27.7. The number of rotatable bonds is 3. The van der Waals surface area contributed by atoms with E-state index in [1.54, 1.807) is 0 Å². The highest BCUT2D eigenvalue weighted by atomic mass is 32.1. The summed E-state index contributed by atoms with van der Waals surface area (Å²) in [4.78, 5) is 0. The molecule has 0 aliphatic carbocycles. The summed E-state index contributed by atoms with van der Waals surface area (Å²) in [6.45, 7) is 0. The summed E-state index contributed by atoms with van der Waals surface area (Å²) in [6, 6.07) is 61.8. The number of benzene rings is 9. The molecule has 0 saturated heterocycles. The molecule has 0 amide bonds. The van der Waals surface area contributed by atoms with Crippen LogP contribution >= 0.6 is 11.3 Å². The molecule has 0 atom stereocenters. The Bertz CT molecular complexity index is 3070. The molecule has 0 aliphatic heterocycles. The van der Waals surface area contributed by atoms with Crippen molar-refractivity contribution in [3.8, 4) is 33.4 Å². The topological polar surface area (TPSA) is 13.1 Å².